The Morgan fingerprint density at radius 3 is 2.89 bits per heavy atom. The summed E-state index contributed by atoms with van der Waals surface area (Å²) in [7, 11) is 1.64. The van der Waals surface area contributed by atoms with Gasteiger partial charge in [-0.25, -0.2) is 0 Å². The Morgan fingerprint density at radius 1 is 1.42 bits per heavy atom. The predicted molar refractivity (Wildman–Crippen MR) is 78.3 cm³/mol. The Labute approximate surface area is 115 Å². The van der Waals surface area contributed by atoms with E-state index in [1.807, 2.05) is 18.2 Å². The molecule has 1 amide bonds. The molecule has 0 aliphatic rings. The summed E-state index contributed by atoms with van der Waals surface area (Å²) in [5.74, 6) is 0.0327. The molecule has 0 fully saturated rings. The maximum atomic E-state index is 11.7. The van der Waals surface area contributed by atoms with Gasteiger partial charge in [0.1, 0.15) is 0 Å². The minimum absolute atomic E-state index is 0.0327. The van der Waals surface area contributed by atoms with E-state index in [2.05, 4.69) is 30.5 Å². The summed E-state index contributed by atoms with van der Waals surface area (Å²) in [5.41, 5.74) is 2.03. The highest BCUT2D eigenvalue weighted by Crippen LogP contribution is 2.17. The van der Waals surface area contributed by atoms with Crippen molar-refractivity contribution in [3.63, 3.8) is 0 Å². The number of nitrogens with one attached hydrogen (secondary N) is 2. The van der Waals surface area contributed by atoms with E-state index in [9.17, 15) is 4.79 Å². The van der Waals surface area contributed by atoms with Crippen LogP contribution in [0.2, 0.25) is 0 Å². The summed E-state index contributed by atoms with van der Waals surface area (Å²) in [5, 5.41) is 6.27. The number of rotatable bonds is 8. The molecule has 0 spiro atoms. The molecular formula is C15H24N2O2. The molecule has 4 heteroatoms. The van der Waals surface area contributed by atoms with Gasteiger partial charge in [0.25, 0.3) is 0 Å². The Bertz CT molecular complexity index is 393. The van der Waals surface area contributed by atoms with E-state index in [0.29, 0.717) is 13.0 Å². The van der Waals surface area contributed by atoms with Crippen LogP contribution in [0.4, 0.5) is 5.69 Å². The van der Waals surface area contributed by atoms with Crippen LogP contribution in [0.25, 0.3) is 0 Å². The zero-order chi connectivity index (χ0) is 14.1. The van der Waals surface area contributed by atoms with Gasteiger partial charge in [0.05, 0.1) is 0 Å². The molecule has 1 rings (SSSR count). The van der Waals surface area contributed by atoms with E-state index in [1.165, 1.54) is 5.56 Å². The van der Waals surface area contributed by atoms with Gasteiger partial charge in [0, 0.05) is 31.9 Å². The summed E-state index contributed by atoms with van der Waals surface area (Å²) in [6.45, 7) is 5.74. The van der Waals surface area contributed by atoms with Crippen molar-refractivity contribution in [1.29, 1.82) is 0 Å². The molecule has 0 aliphatic heterocycles. The number of benzene rings is 1. The molecule has 1 unspecified atom stereocenters. The van der Waals surface area contributed by atoms with E-state index in [-0.39, 0.29) is 11.9 Å². The van der Waals surface area contributed by atoms with Gasteiger partial charge in [-0.3, -0.25) is 4.79 Å². The summed E-state index contributed by atoms with van der Waals surface area (Å²) in [4.78, 5) is 11.7. The number of ether oxygens (including phenoxy) is 1. The largest absolute Gasteiger partial charge is 0.385 e. The lowest BCUT2D eigenvalue weighted by Crippen LogP contribution is -2.18. The lowest BCUT2D eigenvalue weighted by Gasteiger charge is -2.14. The number of amides is 1. The predicted octanol–water partition coefficient (Wildman–Crippen LogP) is 2.72. The third-order valence-corrected chi connectivity index (χ3v) is 2.93. The fraction of sp³-hybridized carbons (Fsp3) is 0.533. The fourth-order valence-electron chi connectivity index (χ4n) is 1.91. The van der Waals surface area contributed by atoms with E-state index < -0.39 is 0 Å². The Balaban J connectivity index is 2.54. The lowest BCUT2D eigenvalue weighted by atomic mass is 10.1. The molecule has 106 valence electrons. The first-order chi connectivity index (χ1) is 9.17. The van der Waals surface area contributed by atoms with Crippen LogP contribution in [-0.2, 0) is 9.53 Å². The van der Waals surface area contributed by atoms with Crippen molar-refractivity contribution in [3.8, 4) is 0 Å². The molecule has 4 nitrogen and oxygen atoms in total. The van der Waals surface area contributed by atoms with E-state index in [4.69, 9.17) is 4.74 Å². The maximum Gasteiger partial charge on any atom is 0.224 e. The highest BCUT2D eigenvalue weighted by Gasteiger charge is 2.06. The van der Waals surface area contributed by atoms with Crippen molar-refractivity contribution in [2.24, 2.45) is 0 Å². The second kappa shape index (κ2) is 8.67. The number of hydrogen-bond acceptors (Lipinski definition) is 3. The summed E-state index contributed by atoms with van der Waals surface area (Å²) >= 11 is 0. The average Bonchev–Trinajstić information content (AvgIpc) is 2.39. The zero-order valence-corrected chi connectivity index (χ0v) is 12.0. The van der Waals surface area contributed by atoms with Crippen LogP contribution in [0.15, 0.2) is 24.3 Å². The minimum Gasteiger partial charge on any atom is -0.385 e. The van der Waals surface area contributed by atoms with Gasteiger partial charge in [-0.1, -0.05) is 19.1 Å². The smallest absolute Gasteiger partial charge is 0.224 e. The molecule has 1 aromatic carbocycles. The van der Waals surface area contributed by atoms with Crippen molar-refractivity contribution < 1.29 is 9.53 Å². The van der Waals surface area contributed by atoms with Crippen LogP contribution in [0.1, 0.15) is 38.3 Å². The number of anilines is 1. The standard InChI is InChI=1S/C15H24N2O2/c1-4-16-12(2)13-7-5-8-14(11-13)17-15(18)9-6-10-19-3/h5,7-8,11-12,16H,4,6,9-10H2,1-3H3,(H,17,18). The number of carbonyl (C=O) groups excluding carboxylic acids is 1. The average molecular weight is 264 g/mol. The van der Waals surface area contributed by atoms with Crippen molar-refractivity contribution in [2.45, 2.75) is 32.7 Å². The molecule has 0 radical (unpaired) electrons. The lowest BCUT2D eigenvalue weighted by molar-refractivity contribution is -0.116. The van der Waals surface area contributed by atoms with Crippen molar-refractivity contribution in [3.05, 3.63) is 29.8 Å². The van der Waals surface area contributed by atoms with E-state index in [1.54, 1.807) is 7.11 Å². The monoisotopic (exact) mass is 264 g/mol. The number of methoxy groups -OCH3 is 1. The molecule has 0 bridgehead atoms. The number of hydrogen-bond donors (Lipinski definition) is 2. The first kappa shape index (κ1) is 15.7. The van der Waals surface area contributed by atoms with Crippen LogP contribution >= 0.6 is 0 Å². The van der Waals surface area contributed by atoms with E-state index in [0.717, 1.165) is 18.7 Å². The summed E-state index contributed by atoms with van der Waals surface area (Å²) in [6, 6.07) is 8.25. The first-order valence-electron chi connectivity index (χ1n) is 6.79. The van der Waals surface area contributed by atoms with E-state index >= 15 is 0 Å². The summed E-state index contributed by atoms with van der Waals surface area (Å²) < 4.78 is 4.93. The molecular weight excluding hydrogens is 240 g/mol. The molecule has 0 saturated heterocycles. The fourth-order valence-corrected chi connectivity index (χ4v) is 1.91. The molecule has 0 saturated carbocycles. The molecule has 2 N–H and O–H groups in total. The highest BCUT2D eigenvalue weighted by atomic mass is 16.5. The Hall–Kier alpha value is -1.39. The van der Waals surface area contributed by atoms with Gasteiger partial charge in [-0.2, -0.15) is 0 Å². The second-order valence-corrected chi connectivity index (χ2v) is 4.55. The van der Waals surface area contributed by atoms with Crippen LogP contribution in [0, 0.1) is 0 Å². The van der Waals surface area contributed by atoms with Gasteiger partial charge in [0.2, 0.25) is 5.91 Å². The van der Waals surface area contributed by atoms with Gasteiger partial charge in [-0.15, -0.1) is 0 Å². The second-order valence-electron chi connectivity index (χ2n) is 4.55. The van der Waals surface area contributed by atoms with Crippen LogP contribution in [0.3, 0.4) is 0 Å². The third kappa shape index (κ3) is 5.85. The molecule has 19 heavy (non-hydrogen) atoms. The van der Waals surface area contributed by atoms with Gasteiger partial charge < -0.3 is 15.4 Å². The molecule has 1 atom stereocenters. The number of carbonyl (C=O) groups is 1. The van der Waals surface area contributed by atoms with Crippen molar-refractivity contribution >= 4 is 11.6 Å². The van der Waals surface area contributed by atoms with Crippen molar-refractivity contribution in [2.75, 3.05) is 25.6 Å². The first-order valence-corrected chi connectivity index (χ1v) is 6.79. The zero-order valence-electron chi connectivity index (χ0n) is 12.0. The van der Waals surface area contributed by atoms with Crippen LogP contribution in [-0.4, -0.2) is 26.2 Å². The maximum absolute atomic E-state index is 11.7. The molecule has 0 aliphatic carbocycles. The molecule has 0 aromatic heterocycles. The van der Waals surface area contributed by atoms with Gasteiger partial charge in [-0.05, 0) is 37.6 Å². The quantitative estimate of drug-likeness (QED) is 0.710. The Morgan fingerprint density at radius 2 is 2.21 bits per heavy atom. The molecule has 0 heterocycles. The SMILES string of the molecule is CCNC(C)c1cccc(NC(=O)CCCOC)c1. The Kier molecular flexibility index (Phi) is 7.15. The van der Waals surface area contributed by atoms with Crippen LogP contribution < -0.4 is 10.6 Å². The highest BCUT2D eigenvalue weighted by molar-refractivity contribution is 5.90. The normalized spacial score (nSPS) is 12.2. The molecule has 1 aromatic rings. The van der Waals surface area contributed by atoms with Crippen molar-refractivity contribution in [1.82, 2.24) is 5.32 Å². The third-order valence-electron chi connectivity index (χ3n) is 2.93. The van der Waals surface area contributed by atoms with Gasteiger partial charge >= 0.3 is 0 Å². The topological polar surface area (TPSA) is 50.4 Å². The van der Waals surface area contributed by atoms with Crippen LogP contribution in [0.5, 0.6) is 0 Å². The van der Waals surface area contributed by atoms with Gasteiger partial charge in [0.15, 0.2) is 0 Å². The summed E-state index contributed by atoms with van der Waals surface area (Å²) in [6.07, 6.45) is 1.23. The minimum atomic E-state index is 0.0327.